The standard InChI is InChI=1S/C55H35N3/c1-3-15-36(16-4-1)49-34-41(35-50(56-49)37-17-5-2-6-18-37)57-51-25-13-11-23-45(51)47-31-38(27-29-53(47)57)39-28-30-54-48(32-39)46-24-12-14-26-52(46)58(54)55-33-40-19-7-8-20-42(40)43-21-9-10-22-44(43)55/h1-35H. The highest BCUT2D eigenvalue weighted by Gasteiger charge is 2.19. The summed E-state index contributed by atoms with van der Waals surface area (Å²) < 4.78 is 4.86. The first kappa shape index (κ1) is 32.5. The highest BCUT2D eigenvalue weighted by molar-refractivity contribution is 6.16. The molecule has 3 aromatic heterocycles. The topological polar surface area (TPSA) is 22.8 Å². The van der Waals surface area contributed by atoms with Crippen LogP contribution in [0.5, 0.6) is 0 Å². The molecule has 0 atom stereocenters. The molecular weight excluding hydrogens is 703 g/mol. The number of hydrogen-bond donors (Lipinski definition) is 0. The Morgan fingerprint density at radius 3 is 1.33 bits per heavy atom. The minimum Gasteiger partial charge on any atom is -0.309 e. The van der Waals surface area contributed by atoms with Gasteiger partial charge in [-0.25, -0.2) is 4.98 Å². The lowest BCUT2D eigenvalue weighted by Gasteiger charge is -2.14. The summed E-state index contributed by atoms with van der Waals surface area (Å²) in [6, 6.07) is 76.9. The molecule has 12 rings (SSSR count). The summed E-state index contributed by atoms with van der Waals surface area (Å²) in [6.45, 7) is 0. The van der Waals surface area contributed by atoms with E-state index in [0.29, 0.717) is 0 Å². The van der Waals surface area contributed by atoms with Crippen molar-refractivity contribution in [1.82, 2.24) is 14.1 Å². The van der Waals surface area contributed by atoms with Gasteiger partial charge in [-0.15, -0.1) is 0 Å². The van der Waals surface area contributed by atoms with Crippen LogP contribution in [-0.2, 0) is 0 Å². The van der Waals surface area contributed by atoms with Crippen LogP contribution in [0.1, 0.15) is 0 Å². The summed E-state index contributed by atoms with van der Waals surface area (Å²) in [6.07, 6.45) is 0. The Balaban J connectivity index is 1.05. The molecule has 0 spiro atoms. The van der Waals surface area contributed by atoms with Crippen molar-refractivity contribution in [3.8, 4) is 45.0 Å². The van der Waals surface area contributed by atoms with Crippen LogP contribution < -0.4 is 0 Å². The molecule has 3 heteroatoms. The fourth-order valence-corrected chi connectivity index (χ4v) is 9.22. The molecule has 0 saturated heterocycles. The first-order valence-electron chi connectivity index (χ1n) is 19.9. The molecule has 0 amide bonds. The molecule has 3 nitrogen and oxygen atoms in total. The van der Waals surface area contributed by atoms with E-state index in [1.165, 1.54) is 76.5 Å². The Kier molecular flexibility index (Phi) is 7.23. The van der Waals surface area contributed by atoms with Crippen molar-refractivity contribution in [3.05, 3.63) is 212 Å². The molecule has 0 N–H and O–H groups in total. The van der Waals surface area contributed by atoms with Gasteiger partial charge in [-0.05, 0) is 81.9 Å². The maximum absolute atomic E-state index is 5.18. The van der Waals surface area contributed by atoms with Crippen LogP contribution in [0.2, 0.25) is 0 Å². The zero-order chi connectivity index (χ0) is 38.2. The molecule has 12 aromatic rings. The van der Waals surface area contributed by atoms with Gasteiger partial charge in [0.2, 0.25) is 0 Å². The predicted octanol–water partition coefficient (Wildman–Crippen LogP) is 14.6. The van der Waals surface area contributed by atoms with Gasteiger partial charge >= 0.3 is 0 Å². The third kappa shape index (κ3) is 5.04. The minimum atomic E-state index is 0.948. The van der Waals surface area contributed by atoms with Crippen LogP contribution in [0, 0.1) is 0 Å². The Bertz CT molecular complexity index is 3500. The van der Waals surface area contributed by atoms with Crippen molar-refractivity contribution in [2.45, 2.75) is 0 Å². The fourth-order valence-electron chi connectivity index (χ4n) is 9.22. The quantitative estimate of drug-likeness (QED) is 0.161. The average Bonchev–Trinajstić information content (AvgIpc) is 3.81. The lowest BCUT2D eigenvalue weighted by molar-refractivity contribution is 1.16. The van der Waals surface area contributed by atoms with Crippen LogP contribution in [0.15, 0.2) is 212 Å². The van der Waals surface area contributed by atoms with E-state index in [2.05, 4.69) is 221 Å². The second-order valence-corrected chi connectivity index (χ2v) is 15.2. The van der Waals surface area contributed by atoms with E-state index in [0.717, 1.165) is 33.7 Å². The van der Waals surface area contributed by atoms with Gasteiger partial charge in [0.05, 0.1) is 44.8 Å². The molecule has 9 aromatic carbocycles. The van der Waals surface area contributed by atoms with E-state index in [4.69, 9.17) is 4.98 Å². The third-order valence-electron chi connectivity index (χ3n) is 11.9. The van der Waals surface area contributed by atoms with Crippen molar-refractivity contribution in [2.75, 3.05) is 0 Å². The second-order valence-electron chi connectivity index (χ2n) is 15.2. The van der Waals surface area contributed by atoms with Crippen molar-refractivity contribution in [3.63, 3.8) is 0 Å². The van der Waals surface area contributed by atoms with Gasteiger partial charge in [0, 0.05) is 38.1 Å². The van der Waals surface area contributed by atoms with Crippen LogP contribution in [-0.4, -0.2) is 14.1 Å². The predicted molar refractivity (Wildman–Crippen MR) is 244 cm³/mol. The molecule has 0 saturated carbocycles. The van der Waals surface area contributed by atoms with Gasteiger partial charge in [0.25, 0.3) is 0 Å². The number of para-hydroxylation sites is 2. The molecule has 58 heavy (non-hydrogen) atoms. The van der Waals surface area contributed by atoms with Gasteiger partial charge in [-0.3, -0.25) is 0 Å². The second kappa shape index (κ2) is 12.9. The zero-order valence-corrected chi connectivity index (χ0v) is 31.5. The molecule has 0 fully saturated rings. The normalized spacial score (nSPS) is 11.8. The van der Waals surface area contributed by atoms with Gasteiger partial charge in [-0.2, -0.15) is 0 Å². The smallest absolute Gasteiger partial charge is 0.0730 e. The monoisotopic (exact) mass is 737 g/mol. The maximum atomic E-state index is 5.18. The molecule has 3 heterocycles. The summed E-state index contributed by atoms with van der Waals surface area (Å²) in [5, 5.41) is 9.96. The molecule has 0 radical (unpaired) electrons. The zero-order valence-electron chi connectivity index (χ0n) is 31.5. The number of rotatable bonds is 5. The lowest BCUT2D eigenvalue weighted by Crippen LogP contribution is -1.98. The van der Waals surface area contributed by atoms with E-state index < -0.39 is 0 Å². The molecule has 0 unspecified atom stereocenters. The Hall–Kier alpha value is -7.75. The summed E-state index contributed by atoms with van der Waals surface area (Å²) in [7, 11) is 0. The van der Waals surface area contributed by atoms with Crippen LogP contribution in [0.3, 0.4) is 0 Å². The summed E-state index contributed by atoms with van der Waals surface area (Å²) in [5.41, 5.74) is 13.5. The van der Waals surface area contributed by atoms with Crippen LogP contribution in [0.25, 0.3) is 110 Å². The molecule has 0 aliphatic heterocycles. The van der Waals surface area contributed by atoms with Gasteiger partial charge in [0.1, 0.15) is 0 Å². The van der Waals surface area contributed by atoms with Crippen LogP contribution in [0.4, 0.5) is 0 Å². The Morgan fingerprint density at radius 1 is 0.276 bits per heavy atom. The van der Waals surface area contributed by atoms with Gasteiger partial charge in [0.15, 0.2) is 0 Å². The van der Waals surface area contributed by atoms with Crippen molar-refractivity contribution < 1.29 is 0 Å². The Labute approximate surface area is 335 Å². The van der Waals surface area contributed by atoms with E-state index in [-0.39, 0.29) is 0 Å². The number of aromatic nitrogens is 3. The molecule has 0 aliphatic rings. The lowest BCUT2D eigenvalue weighted by atomic mass is 9.99. The maximum Gasteiger partial charge on any atom is 0.0730 e. The van der Waals surface area contributed by atoms with Gasteiger partial charge in [-0.1, -0.05) is 158 Å². The van der Waals surface area contributed by atoms with Crippen molar-refractivity contribution in [1.29, 1.82) is 0 Å². The minimum absolute atomic E-state index is 0.948. The van der Waals surface area contributed by atoms with E-state index in [1.54, 1.807) is 0 Å². The number of nitrogens with zero attached hydrogens (tertiary/aromatic N) is 3. The van der Waals surface area contributed by atoms with Gasteiger partial charge < -0.3 is 9.13 Å². The number of pyridine rings is 1. The fraction of sp³-hybridized carbons (Fsp3) is 0. The average molecular weight is 738 g/mol. The Morgan fingerprint density at radius 2 is 0.724 bits per heavy atom. The first-order valence-corrected chi connectivity index (χ1v) is 19.9. The number of hydrogen-bond acceptors (Lipinski definition) is 1. The highest BCUT2D eigenvalue weighted by Crippen LogP contribution is 2.41. The van der Waals surface area contributed by atoms with Crippen molar-refractivity contribution >= 4 is 65.2 Å². The summed E-state index contributed by atoms with van der Waals surface area (Å²) >= 11 is 0. The van der Waals surface area contributed by atoms with E-state index in [1.807, 2.05) is 0 Å². The SMILES string of the molecule is c1ccc(-c2cc(-n3c4ccccc4c4cc(-c5ccc6c(c5)c5ccccc5n6-c5cc6ccccc6c6ccccc56)ccc43)cc(-c3ccccc3)n2)cc1. The number of benzene rings is 9. The number of fused-ring (bicyclic) bond motifs is 9. The van der Waals surface area contributed by atoms with Crippen molar-refractivity contribution in [2.24, 2.45) is 0 Å². The largest absolute Gasteiger partial charge is 0.309 e. The van der Waals surface area contributed by atoms with E-state index in [9.17, 15) is 0 Å². The van der Waals surface area contributed by atoms with E-state index >= 15 is 0 Å². The molecule has 0 aliphatic carbocycles. The summed E-state index contributed by atoms with van der Waals surface area (Å²) in [5.74, 6) is 0. The van der Waals surface area contributed by atoms with Crippen LogP contribution >= 0.6 is 0 Å². The molecular formula is C55H35N3. The molecule has 270 valence electrons. The first-order chi connectivity index (χ1) is 28.8. The third-order valence-corrected chi connectivity index (χ3v) is 11.9. The summed E-state index contributed by atoms with van der Waals surface area (Å²) in [4.78, 5) is 5.18. The molecule has 0 bridgehead atoms. The highest BCUT2D eigenvalue weighted by atomic mass is 15.0.